The summed E-state index contributed by atoms with van der Waals surface area (Å²) in [5.41, 5.74) is 12.1. The molecule has 1 aromatic carbocycles. The Morgan fingerprint density at radius 1 is 1.18 bits per heavy atom. The van der Waals surface area contributed by atoms with Crippen LogP contribution in [0, 0.1) is 0 Å². The van der Waals surface area contributed by atoms with Crippen LogP contribution in [0.1, 0.15) is 10.4 Å². The molecular weight excluding hydrogens is 282 g/mol. The fourth-order valence-corrected chi connectivity index (χ4v) is 1.90. The van der Waals surface area contributed by atoms with E-state index in [1.165, 1.54) is 4.68 Å². The highest BCUT2D eigenvalue weighted by Crippen LogP contribution is 2.17. The summed E-state index contributed by atoms with van der Waals surface area (Å²) in [6.45, 7) is 0. The number of nitrogen functional groups attached to an aromatic ring is 1. The predicted octanol–water partition coefficient (Wildman–Crippen LogP) is 1.09. The zero-order valence-corrected chi connectivity index (χ0v) is 11.5. The van der Waals surface area contributed by atoms with Crippen LogP contribution in [-0.2, 0) is 0 Å². The minimum Gasteiger partial charge on any atom is -0.368 e. The van der Waals surface area contributed by atoms with Gasteiger partial charge in [0.15, 0.2) is 5.82 Å². The molecule has 0 spiro atoms. The Labute approximate surface area is 125 Å². The van der Waals surface area contributed by atoms with Gasteiger partial charge in [0.05, 0.1) is 0 Å². The number of anilines is 3. The topological polar surface area (TPSA) is 125 Å². The number of nitrogens with zero attached hydrogens (tertiary/aromatic N) is 4. The largest absolute Gasteiger partial charge is 0.368 e. The molecule has 0 saturated carbocycles. The number of amides is 1. The maximum atomic E-state index is 11.2. The standard InChI is InChI=1S/C14H13N7O/c15-12(22)9-4-3-5-10(8-9)18-14-19-13(16)21(20-14)11-6-1-2-7-17-11/h1-8H,(H2,15,22)(H3,16,18,19,20). The fourth-order valence-electron chi connectivity index (χ4n) is 1.90. The molecule has 22 heavy (non-hydrogen) atoms. The van der Waals surface area contributed by atoms with E-state index in [1.807, 2.05) is 6.07 Å². The van der Waals surface area contributed by atoms with Crippen LogP contribution in [0.5, 0.6) is 0 Å². The number of pyridine rings is 1. The van der Waals surface area contributed by atoms with Crippen LogP contribution in [0.3, 0.4) is 0 Å². The lowest BCUT2D eigenvalue weighted by Crippen LogP contribution is -2.10. The van der Waals surface area contributed by atoms with E-state index in [1.54, 1.807) is 42.6 Å². The highest BCUT2D eigenvalue weighted by atomic mass is 16.1. The number of aromatic nitrogens is 4. The molecule has 110 valence electrons. The fraction of sp³-hybridized carbons (Fsp3) is 0. The van der Waals surface area contributed by atoms with E-state index < -0.39 is 5.91 Å². The number of nitrogens with two attached hydrogens (primary N) is 2. The number of carbonyl (C=O) groups is 1. The summed E-state index contributed by atoms with van der Waals surface area (Å²) in [5.74, 6) is 0.554. The van der Waals surface area contributed by atoms with Crippen molar-refractivity contribution in [1.29, 1.82) is 0 Å². The maximum absolute atomic E-state index is 11.2. The molecule has 8 nitrogen and oxygen atoms in total. The van der Waals surface area contributed by atoms with E-state index in [4.69, 9.17) is 11.5 Å². The van der Waals surface area contributed by atoms with Crippen LogP contribution in [0.25, 0.3) is 5.82 Å². The van der Waals surface area contributed by atoms with Gasteiger partial charge in [0, 0.05) is 17.4 Å². The Kier molecular flexibility index (Phi) is 3.40. The first-order valence-corrected chi connectivity index (χ1v) is 6.44. The summed E-state index contributed by atoms with van der Waals surface area (Å²) >= 11 is 0. The van der Waals surface area contributed by atoms with E-state index in [-0.39, 0.29) is 5.95 Å². The van der Waals surface area contributed by atoms with Gasteiger partial charge < -0.3 is 16.8 Å². The zero-order chi connectivity index (χ0) is 15.5. The van der Waals surface area contributed by atoms with Gasteiger partial charge >= 0.3 is 0 Å². The summed E-state index contributed by atoms with van der Waals surface area (Å²) in [6, 6.07) is 12.1. The normalized spacial score (nSPS) is 10.4. The minimum absolute atomic E-state index is 0.201. The molecule has 0 aliphatic carbocycles. The summed E-state index contributed by atoms with van der Waals surface area (Å²) < 4.78 is 1.42. The number of nitrogens with one attached hydrogen (secondary N) is 1. The highest BCUT2D eigenvalue weighted by Gasteiger charge is 2.10. The SMILES string of the molecule is NC(=O)c1cccc(Nc2nc(N)n(-c3ccccn3)n2)c1. The molecule has 0 aliphatic rings. The molecule has 3 aromatic rings. The van der Waals surface area contributed by atoms with E-state index in [0.29, 0.717) is 23.0 Å². The molecule has 0 radical (unpaired) electrons. The van der Waals surface area contributed by atoms with Crippen LogP contribution in [0.4, 0.5) is 17.6 Å². The van der Waals surface area contributed by atoms with Gasteiger partial charge in [-0.2, -0.15) is 9.67 Å². The Bertz CT molecular complexity index is 813. The molecule has 2 aromatic heterocycles. The average molecular weight is 295 g/mol. The summed E-state index contributed by atoms with van der Waals surface area (Å²) in [7, 11) is 0. The average Bonchev–Trinajstić information content (AvgIpc) is 2.89. The number of rotatable bonds is 4. The highest BCUT2D eigenvalue weighted by molar-refractivity contribution is 5.93. The molecule has 0 atom stereocenters. The summed E-state index contributed by atoms with van der Waals surface area (Å²) in [5, 5.41) is 7.21. The lowest BCUT2D eigenvalue weighted by Gasteiger charge is -2.03. The van der Waals surface area contributed by atoms with Gasteiger partial charge in [0.25, 0.3) is 0 Å². The van der Waals surface area contributed by atoms with Crippen molar-refractivity contribution in [3.8, 4) is 5.82 Å². The molecule has 1 amide bonds. The second kappa shape index (κ2) is 5.52. The number of carbonyl (C=O) groups excluding carboxylic acids is 1. The van der Waals surface area contributed by atoms with Crippen molar-refractivity contribution < 1.29 is 4.79 Å². The van der Waals surface area contributed by atoms with Gasteiger partial charge in [0.1, 0.15) is 0 Å². The lowest BCUT2D eigenvalue weighted by molar-refractivity contribution is 0.100. The first-order chi connectivity index (χ1) is 10.6. The van der Waals surface area contributed by atoms with Gasteiger partial charge in [-0.15, -0.1) is 5.10 Å². The molecule has 0 saturated heterocycles. The smallest absolute Gasteiger partial charge is 0.248 e. The van der Waals surface area contributed by atoms with Crippen molar-refractivity contribution in [3.63, 3.8) is 0 Å². The molecule has 0 unspecified atom stereocenters. The van der Waals surface area contributed by atoms with Crippen molar-refractivity contribution in [2.75, 3.05) is 11.1 Å². The van der Waals surface area contributed by atoms with Crippen LogP contribution in [-0.4, -0.2) is 25.7 Å². The molecule has 3 rings (SSSR count). The summed E-state index contributed by atoms with van der Waals surface area (Å²) in [6.07, 6.45) is 1.64. The van der Waals surface area contributed by atoms with Crippen LogP contribution in [0.15, 0.2) is 48.7 Å². The van der Waals surface area contributed by atoms with E-state index in [2.05, 4.69) is 20.4 Å². The Morgan fingerprint density at radius 2 is 2.05 bits per heavy atom. The van der Waals surface area contributed by atoms with Gasteiger partial charge in [-0.05, 0) is 30.3 Å². The third kappa shape index (κ3) is 2.70. The number of hydrogen-bond acceptors (Lipinski definition) is 6. The Balaban J connectivity index is 1.88. The van der Waals surface area contributed by atoms with Crippen molar-refractivity contribution in [2.45, 2.75) is 0 Å². The molecule has 2 heterocycles. The lowest BCUT2D eigenvalue weighted by atomic mass is 10.2. The van der Waals surface area contributed by atoms with Gasteiger partial charge in [0.2, 0.25) is 17.8 Å². The maximum Gasteiger partial charge on any atom is 0.248 e. The van der Waals surface area contributed by atoms with Gasteiger partial charge in [-0.3, -0.25) is 4.79 Å². The second-order valence-electron chi connectivity index (χ2n) is 4.46. The molecule has 5 N–H and O–H groups in total. The van der Waals surface area contributed by atoms with Crippen LogP contribution < -0.4 is 16.8 Å². The van der Waals surface area contributed by atoms with E-state index >= 15 is 0 Å². The first kappa shape index (κ1) is 13.6. The number of primary amides is 1. The van der Waals surface area contributed by atoms with E-state index in [9.17, 15) is 4.79 Å². The second-order valence-corrected chi connectivity index (χ2v) is 4.46. The molecule has 0 fully saturated rings. The van der Waals surface area contributed by atoms with Crippen molar-refractivity contribution >= 4 is 23.5 Å². The Morgan fingerprint density at radius 3 is 2.77 bits per heavy atom. The van der Waals surface area contributed by atoms with E-state index in [0.717, 1.165) is 0 Å². The molecule has 8 heteroatoms. The third-order valence-corrected chi connectivity index (χ3v) is 2.90. The van der Waals surface area contributed by atoms with Crippen molar-refractivity contribution in [1.82, 2.24) is 19.7 Å². The Hall–Kier alpha value is -3.42. The molecular formula is C14H13N7O. The third-order valence-electron chi connectivity index (χ3n) is 2.90. The molecule has 0 bridgehead atoms. The van der Waals surface area contributed by atoms with Gasteiger partial charge in [-0.25, -0.2) is 4.98 Å². The van der Waals surface area contributed by atoms with Gasteiger partial charge in [-0.1, -0.05) is 12.1 Å². The minimum atomic E-state index is -0.505. The first-order valence-electron chi connectivity index (χ1n) is 6.44. The quantitative estimate of drug-likeness (QED) is 0.661. The zero-order valence-electron chi connectivity index (χ0n) is 11.5. The van der Waals surface area contributed by atoms with Crippen molar-refractivity contribution in [2.24, 2.45) is 5.73 Å². The predicted molar refractivity (Wildman–Crippen MR) is 81.8 cm³/mol. The van der Waals surface area contributed by atoms with Crippen molar-refractivity contribution in [3.05, 3.63) is 54.2 Å². The molecule has 0 aliphatic heterocycles. The van der Waals surface area contributed by atoms with Crippen LogP contribution in [0.2, 0.25) is 0 Å². The number of hydrogen-bond donors (Lipinski definition) is 3. The summed E-state index contributed by atoms with van der Waals surface area (Å²) in [4.78, 5) is 19.5. The van der Waals surface area contributed by atoms with Crippen LogP contribution >= 0.6 is 0 Å². The monoisotopic (exact) mass is 295 g/mol. The number of benzene rings is 1.